The van der Waals surface area contributed by atoms with E-state index in [2.05, 4.69) is 4.90 Å². The van der Waals surface area contributed by atoms with Gasteiger partial charge in [-0.05, 0) is 31.7 Å². The summed E-state index contributed by atoms with van der Waals surface area (Å²) in [6.07, 6.45) is 0. The molecule has 0 aliphatic rings. The van der Waals surface area contributed by atoms with E-state index in [1.807, 2.05) is 32.2 Å². The maximum atomic E-state index is 5.93. The van der Waals surface area contributed by atoms with Crippen molar-refractivity contribution in [2.24, 2.45) is 0 Å². The molecule has 0 saturated carbocycles. The zero-order chi connectivity index (χ0) is 11.4. The van der Waals surface area contributed by atoms with Gasteiger partial charge in [-0.1, -0.05) is 29.3 Å². The van der Waals surface area contributed by atoms with E-state index in [0.717, 1.165) is 18.7 Å². The van der Waals surface area contributed by atoms with Crippen molar-refractivity contribution in [3.05, 3.63) is 33.8 Å². The molecule has 0 aliphatic heterocycles. The number of hydrogen-bond acceptors (Lipinski definition) is 1. The minimum absolute atomic E-state index is 0.151. The molecular weight excluding hydrogens is 252 g/mol. The van der Waals surface area contributed by atoms with Gasteiger partial charge in [0.2, 0.25) is 0 Å². The Kier molecular flexibility index (Phi) is 5.20. The highest BCUT2D eigenvalue weighted by Gasteiger charge is 2.05. The molecule has 1 aromatic carbocycles. The normalized spacial score (nSPS) is 13.2. The molecule has 1 nitrogen and oxygen atoms in total. The fraction of sp³-hybridized carbons (Fsp3) is 0.455. The molecule has 1 atom stereocenters. The summed E-state index contributed by atoms with van der Waals surface area (Å²) < 4.78 is 0. The first-order chi connectivity index (χ1) is 6.99. The van der Waals surface area contributed by atoms with Crippen molar-refractivity contribution in [2.45, 2.75) is 18.8 Å². The van der Waals surface area contributed by atoms with E-state index < -0.39 is 0 Å². The smallest absolute Gasteiger partial charge is 0.0595 e. The molecule has 0 saturated heterocycles. The molecule has 0 spiro atoms. The van der Waals surface area contributed by atoms with E-state index >= 15 is 0 Å². The summed E-state index contributed by atoms with van der Waals surface area (Å²) in [7, 11) is 2.03. The first kappa shape index (κ1) is 13.1. The Bertz CT molecular complexity index is 326. The summed E-state index contributed by atoms with van der Waals surface area (Å²) in [5.41, 5.74) is 1.14. The summed E-state index contributed by atoms with van der Waals surface area (Å²) in [6.45, 7) is 3.66. The van der Waals surface area contributed by atoms with Crippen LogP contribution in [0, 0.1) is 0 Å². The number of benzene rings is 1. The second-order valence-corrected chi connectivity index (χ2v) is 5.29. The average molecular weight is 267 g/mol. The van der Waals surface area contributed by atoms with E-state index in [0.29, 0.717) is 10.0 Å². The highest BCUT2D eigenvalue weighted by molar-refractivity contribution is 6.42. The molecule has 1 rings (SSSR count). The van der Waals surface area contributed by atoms with Crippen molar-refractivity contribution in [3.63, 3.8) is 0 Å². The van der Waals surface area contributed by atoms with Crippen LogP contribution in [0.15, 0.2) is 18.2 Å². The van der Waals surface area contributed by atoms with Crippen molar-refractivity contribution in [1.82, 2.24) is 4.90 Å². The molecule has 0 amide bonds. The van der Waals surface area contributed by atoms with Gasteiger partial charge in [-0.25, -0.2) is 0 Å². The molecule has 0 aliphatic carbocycles. The van der Waals surface area contributed by atoms with Crippen LogP contribution < -0.4 is 0 Å². The maximum absolute atomic E-state index is 5.93. The van der Waals surface area contributed by atoms with Crippen LogP contribution in [0.1, 0.15) is 12.5 Å². The molecule has 1 unspecified atom stereocenters. The Labute approximate surface area is 106 Å². The summed E-state index contributed by atoms with van der Waals surface area (Å²) in [5, 5.41) is 1.34. The maximum Gasteiger partial charge on any atom is 0.0595 e. The summed E-state index contributed by atoms with van der Waals surface area (Å²) in [5.74, 6) is 0. The van der Waals surface area contributed by atoms with Crippen LogP contribution in [-0.2, 0) is 6.54 Å². The lowest BCUT2D eigenvalue weighted by atomic mass is 10.2. The molecule has 0 aromatic heterocycles. The Morgan fingerprint density at radius 1 is 1.27 bits per heavy atom. The molecule has 0 heterocycles. The SMILES string of the molecule is CC(Cl)CN(C)Cc1ccc(Cl)c(Cl)c1. The predicted octanol–water partition coefficient (Wildman–Crippen LogP) is 4.05. The Morgan fingerprint density at radius 2 is 1.93 bits per heavy atom. The van der Waals surface area contributed by atoms with Crippen LogP contribution >= 0.6 is 34.8 Å². The Morgan fingerprint density at radius 3 is 2.47 bits per heavy atom. The molecule has 0 fully saturated rings. The van der Waals surface area contributed by atoms with Crippen LogP contribution in [-0.4, -0.2) is 23.9 Å². The van der Waals surface area contributed by atoms with Gasteiger partial charge in [0.05, 0.1) is 10.0 Å². The summed E-state index contributed by atoms with van der Waals surface area (Å²) >= 11 is 17.7. The van der Waals surface area contributed by atoms with Gasteiger partial charge in [0.1, 0.15) is 0 Å². The van der Waals surface area contributed by atoms with E-state index in [1.54, 1.807) is 0 Å². The third-order valence-corrected chi connectivity index (χ3v) is 2.88. The standard InChI is InChI=1S/C11H14Cl3N/c1-8(12)6-15(2)7-9-3-4-10(13)11(14)5-9/h3-5,8H,6-7H2,1-2H3. The van der Waals surface area contributed by atoms with E-state index in [1.165, 1.54) is 0 Å². The van der Waals surface area contributed by atoms with Gasteiger partial charge in [0, 0.05) is 18.5 Å². The van der Waals surface area contributed by atoms with E-state index in [4.69, 9.17) is 34.8 Å². The number of hydrogen-bond donors (Lipinski definition) is 0. The van der Waals surface area contributed by atoms with Crippen LogP contribution in [0.2, 0.25) is 10.0 Å². The van der Waals surface area contributed by atoms with Gasteiger partial charge in [0.25, 0.3) is 0 Å². The van der Waals surface area contributed by atoms with Crippen molar-refractivity contribution >= 4 is 34.8 Å². The molecule has 0 radical (unpaired) electrons. The topological polar surface area (TPSA) is 3.24 Å². The number of alkyl halides is 1. The number of rotatable bonds is 4. The fourth-order valence-electron chi connectivity index (χ4n) is 1.44. The Balaban J connectivity index is 2.60. The minimum atomic E-state index is 0.151. The summed E-state index contributed by atoms with van der Waals surface area (Å²) in [4.78, 5) is 2.15. The van der Waals surface area contributed by atoms with Crippen molar-refractivity contribution < 1.29 is 0 Å². The highest BCUT2D eigenvalue weighted by atomic mass is 35.5. The van der Waals surface area contributed by atoms with Crippen LogP contribution in [0.25, 0.3) is 0 Å². The van der Waals surface area contributed by atoms with Gasteiger partial charge in [-0.15, -0.1) is 11.6 Å². The van der Waals surface area contributed by atoms with Crippen LogP contribution in [0.5, 0.6) is 0 Å². The van der Waals surface area contributed by atoms with Crippen molar-refractivity contribution in [2.75, 3.05) is 13.6 Å². The minimum Gasteiger partial charge on any atom is -0.301 e. The molecular formula is C11H14Cl3N. The van der Waals surface area contributed by atoms with Gasteiger partial charge in [-0.2, -0.15) is 0 Å². The predicted molar refractivity (Wildman–Crippen MR) is 68.1 cm³/mol. The number of nitrogens with zero attached hydrogens (tertiary/aromatic N) is 1. The van der Waals surface area contributed by atoms with Gasteiger partial charge in [-0.3, -0.25) is 0 Å². The van der Waals surface area contributed by atoms with Crippen molar-refractivity contribution in [1.29, 1.82) is 0 Å². The first-order valence-corrected chi connectivity index (χ1v) is 5.95. The largest absolute Gasteiger partial charge is 0.301 e. The van der Waals surface area contributed by atoms with Gasteiger partial charge in [0.15, 0.2) is 0 Å². The second-order valence-electron chi connectivity index (χ2n) is 3.73. The highest BCUT2D eigenvalue weighted by Crippen LogP contribution is 2.23. The zero-order valence-corrected chi connectivity index (χ0v) is 11.1. The molecule has 15 heavy (non-hydrogen) atoms. The average Bonchev–Trinajstić information content (AvgIpc) is 2.10. The molecule has 84 valence electrons. The fourth-order valence-corrected chi connectivity index (χ4v) is 2.00. The monoisotopic (exact) mass is 265 g/mol. The Hall–Kier alpha value is 0.0500. The van der Waals surface area contributed by atoms with Gasteiger partial charge < -0.3 is 4.90 Å². The molecule has 4 heteroatoms. The third kappa shape index (κ3) is 4.60. The third-order valence-electron chi connectivity index (χ3n) is 2.00. The first-order valence-electron chi connectivity index (χ1n) is 4.75. The molecule has 0 bridgehead atoms. The van der Waals surface area contributed by atoms with Gasteiger partial charge >= 0.3 is 0 Å². The zero-order valence-electron chi connectivity index (χ0n) is 8.80. The van der Waals surface area contributed by atoms with E-state index in [9.17, 15) is 0 Å². The van der Waals surface area contributed by atoms with Crippen LogP contribution in [0.4, 0.5) is 0 Å². The summed E-state index contributed by atoms with van der Waals surface area (Å²) in [6, 6.07) is 5.68. The second kappa shape index (κ2) is 5.95. The van der Waals surface area contributed by atoms with Crippen molar-refractivity contribution in [3.8, 4) is 0 Å². The lowest BCUT2D eigenvalue weighted by Crippen LogP contribution is -2.24. The lowest BCUT2D eigenvalue weighted by Gasteiger charge is -2.18. The lowest BCUT2D eigenvalue weighted by molar-refractivity contribution is 0.330. The molecule has 0 N–H and O–H groups in total. The van der Waals surface area contributed by atoms with Crippen LogP contribution in [0.3, 0.4) is 0 Å². The quantitative estimate of drug-likeness (QED) is 0.743. The van der Waals surface area contributed by atoms with E-state index in [-0.39, 0.29) is 5.38 Å². The number of halogens is 3. The molecule has 1 aromatic rings.